The maximum Gasteiger partial charge on any atom is 0.317 e. The van der Waals surface area contributed by atoms with Crippen LogP contribution in [-0.2, 0) is 9.53 Å². The van der Waals surface area contributed by atoms with Gasteiger partial charge in [0.2, 0.25) is 0 Å². The summed E-state index contributed by atoms with van der Waals surface area (Å²) in [5.74, 6) is -1.52. The van der Waals surface area contributed by atoms with E-state index < -0.39 is 11.9 Å². The molecule has 0 radical (unpaired) electrons. The first-order chi connectivity index (χ1) is 7.59. The molecule has 2 aliphatic rings. The van der Waals surface area contributed by atoms with Crippen LogP contribution in [0.25, 0.3) is 0 Å². The number of carboxylic acids is 1. The van der Waals surface area contributed by atoms with Gasteiger partial charge in [-0.3, -0.25) is 4.79 Å². The van der Waals surface area contributed by atoms with Crippen molar-refractivity contribution < 1.29 is 19.4 Å². The van der Waals surface area contributed by atoms with Crippen molar-refractivity contribution in [1.82, 2.24) is 10.2 Å². The largest absolute Gasteiger partial charge is 0.481 e. The van der Waals surface area contributed by atoms with Gasteiger partial charge >= 0.3 is 12.0 Å². The monoisotopic (exact) mass is 228 g/mol. The Morgan fingerprint density at radius 1 is 1.38 bits per heavy atom. The Balaban J connectivity index is 1.93. The molecule has 90 valence electrons. The molecule has 1 aliphatic carbocycles. The minimum Gasteiger partial charge on any atom is -0.481 e. The minimum atomic E-state index is -0.909. The first kappa shape index (κ1) is 11.2. The molecule has 0 spiro atoms. The lowest BCUT2D eigenvalue weighted by Gasteiger charge is -2.26. The van der Waals surface area contributed by atoms with Gasteiger partial charge in [0, 0.05) is 13.1 Å². The van der Waals surface area contributed by atoms with Crippen LogP contribution in [0.4, 0.5) is 4.79 Å². The molecule has 0 aromatic rings. The number of carbonyl (C=O) groups excluding carboxylic acids is 1. The molecule has 2 fully saturated rings. The van der Waals surface area contributed by atoms with E-state index in [1.807, 2.05) is 0 Å². The Hall–Kier alpha value is -1.30. The summed E-state index contributed by atoms with van der Waals surface area (Å²) < 4.78 is 5.12. The van der Waals surface area contributed by atoms with Crippen LogP contribution in [0.1, 0.15) is 12.8 Å². The molecule has 16 heavy (non-hydrogen) atoms. The second-order valence-electron chi connectivity index (χ2n) is 4.38. The molecule has 2 N–H and O–H groups in total. The third kappa shape index (κ3) is 2.27. The van der Waals surface area contributed by atoms with Crippen LogP contribution >= 0.6 is 0 Å². The quantitative estimate of drug-likeness (QED) is 0.706. The molecule has 2 amide bonds. The van der Waals surface area contributed by atoms with Gasteiger partial charge in [-0.15, -0.1) is 0 Å². The van der Waals surface area contributed by atoms with Crippen LogP contribution < -0.4 is 5.32 Å². The lowest BCUT2D eigenvalue weighted by atomic mass is 10.0. The minimum absolute atomic E-state index is 0.182. The number of likely N-dealkylation sites (N-methyl/N-ethyl adjacent to an activating group) is 1. The fraction of sp³-hybridized carbons (Fsp3) is 0.800. The van der Waals surface area contributed by atoms with Gasteiger partial charge in [0.1, 0.15) is 5.92 Å². The Morgan fingerprint density at radius 2 is 2.06 bits per heavy atom. The second kappa shape index (κ2) is 4.29. The van der Waals surface area contributed by atoms with Gasteiger partial charge in [-0.1, -0.05) is 0 Å². The average Bonchev–Trinajstić information content (AvgIpc) is 2.91. The molecule has 6 nitrogen and oxygen atoms in total. The molecular formula is C10H16N2O4. The molecule has 0 aromatic heterocycles. The van der Waals surface area contributed by atoms with Crippen molar-refractivity contribution in [2.45, 2.75) is 24.9 Å². The molecule has 2 rings (SSSR count). The Labute approximate surface area is 93.6 Å². The third-order valence-corrected chi connectivity index (χ3v) is 3.09. The van der Waals surface area contributed by atoms with Gasteiger partial charge in [0.25, 0.3) is 0 Å². The van der Waals surface area contributed by atoms with E-state index in [0.717, 1.165) is 12.8 Å². The fourth-order valence-electron chi connectivity index (χ4n) is 1.82. The van der Waals surface area contributed by atoms with Crippen molar-refractivity contribution in [2.24, 2.45) is 5.92 Å². The Morgan fingerprint density at radius 3 is 2.62 bits per heavy atom. The summed E-state index contributed by atoms with van der Waals surface area (Å²) in [6.07, 6.45) is 2.03. The predicted octanol–water partition coefficient (Wildman–Crippen LogP) is -0.110. The summed E-state index contributed by atoms with van der Waals surface area (Å²) in [6, 6.07) is -0.291. The molecule has 1 heterocycles. The van der Waals surface area contributed by atoms with Crippen molar-refractivity contribution in [3.05, 3.63) is 0 Å². The number of urea groups is 1. The topological polar surface area (TPSA) is 78.9 Å². The number of carboxylic acid groups (broad SMARTS) is 1. The lowest BCUT2D eigenvalue weighted by molar-refractivity contribution is -0.142. The standard InChI is InChI=1S/C10H16N2O4/c1-12(10(15)11-6-2-3-6)8-5-16-4-7(8)9(13)14/h6-8H,2-5H2,1H3,(H,11,15)(H,13,14). The van der Waals surface area contributed by atoms with Crippen molar-refractivity contribution in [3.63, 3.8) is 0 Å². The summed E-state index contributed by atoms with van der Waals surface area (Å²) in [5.41, 5.74) is 0. The summed E-state index contributed by atoms with van der Waals surface area (Å²) in [7, 11) is 1.62. The van der Waals surface area contributed by atoms with Gasteiger partial charge in [0.15, 0.2) is 0 Å². The van der Waals surface area contributed by atoms with Crippen LogP contribution in [0.2, 0.25) is 0 Å². The maximum absolute atomic E-state index is 11.7. The number of carbonyl (C=O) groups is 2. The molecule has 2 atom stereocenters. The van der Waals surface area contributed by atoms with Gasteiger partial charge in [0.05, 0.1) is 19.3 Å². The van der Waals surface area contributed by atoms with E-state index >= 15 is 0 Å². The van der Waals surface area contributed by atoms with Crippen LogP contribution in [-0.4, -0.2) is 54.4 Å². The first-order valence-electron chi connectivity index (χ1n) is 5.43. The van der Waals surface area contributed by atoms with E-state index in [0.29, 0.717) is 6.61 Å². The number of rotatable bonds is 3. The number of ether oxygens (including phenoxy) is 1. The number of aliphatic carboxylic acids is 1. The Kier molecular flexibility index (Phi) is 3.00. The zero-order valence-corrected chi connectivity index (χ0v) is 9.18. The van der Waals surface area contributed by atoms with Gasteiger partial charge in [-0.05, 0) is 12.8 Å². The van der Waals surface area contributed by atoms with Gasteiger partial charge in [-0.2, -0.15) is 0 Å². The van der Waals surface area contributed by atoms with E-state index in [-0.39, 0.29) is 24.7 Å². The lowest BCUT2D eigenvalue weighted by Crippen LogP contribution is -2.48. The van der Waals surface area contributed by atoms with Crippen molar-refractivity contribution >= 4 is 12.0 Å². The average molecular weight is 228 g/mol. The smallest absolute Gasteiger partial charge is 0.317 e. The van der Waals surface area contributed by atoms with E-state index in [9.17, 15) is 9.59 Å². The normalized spacial score (nSPS) is 28.8. The van der Waals surface area contributed by atoms with Crippen molar-refractivity contribution in [1.29, 1.82) is 0 Å². The zero-order chi connectivity index (χ0) is 11.7. The number of nitrogens with zero attached hydrogens (tertiary/aromatic N) is 1. The molecule has 6 heteroatoms. The van der Waals surface area contributed by atoms with E-state index in [1.54, 1.807) is 7.05 Å². The molecule has 1 saturated heterocycles. The van der Waals surface area contributed by atoms with Crippen LogP contribution in [0.15, 0.2) is 0 Å². The second-order valence-corrected chi connectivity index (χ2v) is 4.38. The molecule has 2 unspecified atom stereocenters. The Bertz CT molecular complexity index is 303. The zero-order valence-electron chi connectivity index (χ0n) is 9.18. The summed E-state index contributed by atoms with van der Waals surface area (Å²) in [5, 5.41) is 11.8. The van der Waals surface area contributed by atoms with Gasteiger partial charge < -0.3 is 20.1 Å². The third-order valence-electron chi connectivity index (χ3n) is 3.09. The van der Waals surface area contributed by atoms with Crippen LogP contribution in [0.3, 0.4) is 0 Å². The van der Waals surface area contributed by atoms with E-state index in [2.05, 4.69) is 5.32 Å². The maximum atomic E-state index is 11.7. The van der Waals surface area contributed by atoms with E-state index in [4.69, 9.17) is 9.84 Å². The molecular weight excluding hydrogens is 212 g/mol. The highest BCUT2D eigenvalue weighted by Crippen LogP contribution is 2.22. The number of amides is 2. The SMILES string of the molecule is CN(C(=O)NC1CC1)C1COCC1C(=O)O. The molecule has 0 aromatic carbocycles. The van der Waals surface area contributed by atoms with Crippen molar-refractivity contribution in [3.8, 4) is 0 Å². The predicted molar refractivity (Wildman–Crippen MR) is 55.0 cm³/mol. The number of hydrogen-bond acceptors (Lipinski definition) is 3. The highest BCUT2D eigenvalue weighted by molar-refractivity contribution is 5.77. The van der Waals surface area contributed by atoms with Crippen LogP contribution in [0.5, 0.6) is 0 Å². The molecule has 1 aliphatic heterocycles. The summed E-state index contributed by atoms with van der Waals surface area (Å²) >= 11 is 0. The van der Waals surface area contributed by atoms with Crippen molar-refractivity contribution in [2.75, 3.05) is 20.3 Å². The number of nitrogens with one attached hydrogen (secondary N) is 1. The molecule has 1 saturated carbocycles. The summed E-state index contributed by atoms with van der Waals surface area (Å²) in [4.78, 5) is 24.1. The van der Waals surface area contributed by atoms with E-state index in [1.165, 1.54) is 4.90 Å². The first-order valence-corrected chi connectivity index (χ1v) is 5.43. The highest BCUT2D eigenvalue weighted by Gasteiger charge is 2.39. The summed E-state index contributed by atoms with van der Waals surface area (Å²) in [6.45, 7) is 0.479. The van der Waals surface area contributed by atoms with Crippen LogP contribution in [0, 0.1) is 5.92 Å². The van der Waals surface area contributed by atoms with Gasteiger partial charge in [-0.25, -0.2) is 4.79 Å². The highest BCUT2D eigenvalue weighted by atomic mass is 16.5. The fourth-order valence-corrected chi connectivity index (χ4v) is 1.82. The number of hydrogen-bond donors (Lipinski definition) is 2. The molecule has 0 bridgehead atoms.